The zero-order valence-electron chi connectivity index (χ0n) is 8.75. The standard InChI is InChI=1S/C10H19N3O/c1-2-8-7-10(14)12-13(8)9-3-5-11-6-4-9/h8-9,11H,2-7H2,1H3,(H,12,14). The first-order valence-corrected chi connectivity index (χ1v) is 5.59. The summed E-state index contributed by atoms with van der Waals surface area (Å²) in [6.07, 6.45) is 4.04. The number of nitrogens with one attached hydrogen (secondary N) is 2. The molecular formula is C10H19N3O. The minimum Gasteiger partial charge on any atom is -0.317 e. The largest absolute Gasteiger partial charge is 0.317 e. The van der Waals surface area contributed by atoms with Crippen LogP contribution in [-0.4, -0.2) is 36.1 Å². The van der Waals surface area contributed by atoms with Crippen LogP contribution in [0.1, 0.15) is 32.6 Å². The lowest BCUT2D eigenvalue weighted by atomic mass is 10.0. The highest BCUT2D eigenvalue weighted by atomic mass is 16.2. The number of carbonyl (C=O) groups is 1. The average Bonchev–Trinajstić information content (AvgIpc) is 2.61. The topological polar surface area (TPSA) is 44.4 Å². The lowest BCUT2D eigenvalue weighted by Gasteiger charge is -2.34. The second-order valence-corrected chi connectivity index (χ2v) is 4.19. The fourth-order valence-electron chi connectivity index (χ4n) is 2.41. The summed E-state index contributed by atoms with van der Waals surface area (Å²) < 4.78 is 0. The van der Waals surface area contributed by atoms with E-state index < -0.39 is 0 Å². The molecule has 1 unspecified atom stereocenters. The molecule has 14 heavy (non-hydrogen) atoms. The highest BCUT2D eigenvalue weighted by Crippen LogP contribution is 2.20. The fourth-order valence-corrected chi connectivity index (χ4v) is 2.41. The summed E-state index contributed by atoms with van der Waals surface area (Å²) in [5.41, 5.74) is 2.99. The molecule has 1 amide bonds. The molecule has 1 atom stereocenters. The molecule has 0 radical (unpaired) electrons. The molecule has 0 saturated carbocycles. The number of nitrogens with zero attached hydrogens (tertiary/aromatic N) is 1. The van der Waals surface area contributed by atoms with Crippen LogP contribution >= 0.6 is 0 Å². The molecule has 2 rings (SSSR count). The van der Waals surface area contributed by atoms with Crippen molar-refractivity contribution in [1.29, 1.82) is 0 Å². The number of hydrogen-bond acceptors (Lipinski definition) is 3. The molecule has 2 aliphatic heterocycles. The van der Waals surface area contributed by atoms with E-state index in [-0.39, 0.29) is 5.91 Å². The van der Waals surface area contributed by atoms with Crippen LogP contribution in [0.2, 0.25) is 0 Å². The van der Waals surface area contributed by atoms with Crippen molar-refractivity contribution in [2.24, 2.45) is 0 Å². The maximum absolute atomic E-state index is 11.3. The Morgan fingerprint density at radius 1 is 1.43 bits per heavy atom. The van der Waals surface area contributed by atoms with Crippen molar-refractivity contribution in [3.63, 3.8) is 0 Å². The van der Waals surface area contributed by atoms with E-state index in [0.29, 0.717) is 18.5 Å². The molecule has 2 saturated heterocycles. The molecule has 0 aliphatic carbocycles. The quantitative estimate of drug-likeness (QED) is 0.667. The Bertz CT molecular complexity index is 213. The van der Waals surface area contributed by atoms with Crippen molar-refractivity contribution in [1.82, 2.24) is 15.8 Å². The van der Waals surface area contributed by atoms with E-state index in [2.05, 4.69) is 22.7 Å². The van der Waals surface area contributed by atoms with E-state index in [0.717, 1.165) is 32.4 Å². The van der Waals surface area contributed by atoms with Crippen LogP contribution in [0.25, 0.3) is 0 Å². The van der Waals surface area contributed by atoms with Gasteiger partial charge in [-0.25, -0.2) is 5.01 Å². The number of amides is 1. The van der Waals surface area contributed by atoms with Gasteiger partial charge in [-0.15, -0.1) is 0 Å². The highest BCUT2D eigenvalue weighted by Gasteiger charge is 2.34. The molecule has 0 aromatic rings. The maximum atomic E-state index is 11.3. The summed E-state index contributed by atoms with van der Waals surface area (Å²) in [6.45, 7) is 4.31. The van der Waals surface area contributed by atoms with Crippen LogP contribution in [0.5, 0.6) is 0 Å². The average molecular weight is 197 g/mol. The molecule has 2 heterocycles. The third kappa shape index (κ3) is 1.91. The minimum absolute atomic E-state index is 0.190. The highest BCUT2D eigenvalue weighted by molar-refractivity contribution is 5.78. The Kier molecular flexibility index (Phi) is 3.03. The summed E-state index contributed by atoms with van der Waals surface area (Å²) in [5, 5.41) is 5.54. The number of hydrazine groups is 1. The second-order valence-electron chi connectivity index (χ2n) is 4.19. The van der Waals surface area contributed by atoms with Gasteiger partial charge in [0.25, 0.3) is 0 Å². The molecule has 2 fully saturated rings. The number of hydrogen-bond donors (Lipinski definition) is 2. The van der Waals surface area contributed by atoms with Crippen molar-refractivity contribution in [3.05, 3.63) is 0 Å². The van der Waals surface area contributed by atoms with E-state index in [9.17, 15) is 4.79 Å². The van der Waals surface area contributed by atoms with Crippen molar-refractivity contribution in [3.8, 4) is 0 Å². The van der Waals surface area contributed by atoms with Crippen LogP contribution in [0.15, 0.2) is 0 Å². The van der Waals surface area contributed by atoms with Crippen molar-refractivity contribution < 1.29 is 4.79 Å². The monoisotopic (exact) mass is 197 g/mol. The van der Waals surface area contributed by atoms with Gasteiger partial charge in [0, 0.05) is 18.5 Å². The third-order valence-corrected chi connectivity index (χ3v) is 3.24. The Balaban J connectivity index is 1.97. The fraction of sp³-hybridized carbons (Fsp3) is 0.900. The SMILES string of the molecule is CCC1CC(=O)NN1C1CCNCC1. The summed E-state index contributed by atoms with van der Waals surface area (Å²) >= 11 is 0. The predicted octanol–water partition coefficient (Wildman–Crippen LogP) is 0.254. The first-order valence-electron chi connectivity index (χ1n) is 5.59. The molecular weight excluding hydrogens is 178 g/mol. The van der Waals surface area contributed by atoms with E-state index in [1.807, 2.05) is 0 Å². The van der Waals surface area contributed by atoms with Gasteiger partial charge in [-0.3, -0.25) is 10.2 Å². The van der Waals surface area contributed by atoms with Gasteiger partial charge in [0.1, 0.15) is 0 Å². The molecule has 0 aromatic heterocycles. The molecule has 80 valence electrons. The van der Waals surface area contributed by atoms with Crippen LogP contribution < -0.4 is 10.7 Å². The first kappa shape index (κ1) is 9.93. The molecule has 4 heteroatoms. The second kappa shape index (κ2) is 4.28. The smallest absolute Gasteiger partial charge is 0.235 e. The number of rotatable bonds is 2. The molecule has 0 aromatic carbocycles. The Labute approximate surface area is 85.0 Å². The van der Waals surface area contributed by atoms with E-state index >= 15 is 0 Å². The Morgan fingerprint density at radius 3 is 2.79 bits per heavy atom. The number of carbonyl (C=O) groups excluding carboxylic acids is 1. The summed E-state index contributed by atoms with van der Waals surface area (Å²) in [5.74, 6) is 0.190. The lowest BCUT2D eigenvalue weighted by molar-refractivity contribution is -0.121. The number of piperidine rings is 1. The van der Waals surface area contributed by atoms with Gasteiger partial charge in [0.15, 0.2) is 0 Å². The zero-order valence-corrected chi connectivity index (χ0v) is 8.75. The molecule has 2 aliphatic rings. The van der Waals surface area contributed by atoms with Gasteiger partial charge >= 0.3 is 0 Å². The van der Waals surface area contributed by atoms with Crippen LogP contribution in [0.3, 0.4) is 0 Å². The summed E-state index contributed by atoms with van der Waals surface area (Å²) in [6, 6.07) is 0.971. The molecule has 0 spiro atoms. The van der Waals surface area contributed by atoms with Crippen LogP contribution in [-0.2, 0) is 4.79 Å². The normalized spacial score (nSPS) is 30.6. The van der Waals surface area contributed by atoms with E-state index in [1.54, 1.807) is 0 Å². The zero-order chi connectivity index (χ0) is 9.97. The Morgan fingerprint density at radius 2 is 2.14 bits per heavy atom. The van der Waals surface area contributed by atoms with Gasteiger partial charge in [-0.05, 0) is 32.4 Å². The minimum atomic E-state index is 0.190. The Hall–Kier alpha value is -0.610. The van der Waals surface area contributed by atoms with Crippen molar-refractivity contribution >= 4 is 5.91 Å². The third-order valence-electron chi connectivity index (χ3n) is 3.24. The van der Waals surface area contributed by atoms with Crippen LogP contribution in [0, 0.1) is 0 Å². The first-order chi connectivity index (χ1) is 6.81. The van der Waals surface area contributed by atoms with E-state index in [1.165, 1.54) is 0 Å². The summed E-state index contributed by atoms with van der Waals surface area (Å²) in [7, 11) is 0. The van der Waals surface area contributed by atoms with Crippen molar-refractivity contribution in [2.45, 2.75) is 44.7 Å². The predicted molar refractivity (Wildman–Crippen MR) is 54.6 cm³/mol. The maximum Gasteiger partial charge on any atom is 0.235 e. The van der Waals surface area contributed by atoms with Crippen molar-refractivity contribution in [2.75, 3.05) is 13.1 Å². The lowest BCUT2D eigenvalue weighted by Crippen LogP contribution is -2.50. The van der Waals surface area contributed by atoms with Crippen LogP contribution in [0.4, 0.5) is 0 Å². The van der Waals surface area contributed by atoms with Gasteiger partial charge in [-0.1, -0.05) is 6.92 Å². The van der Waals surface area contributed by atoms with Gasteiger partial charge in [0.05, 0.1) is 0 Å². The van der Waals surface area contributed by atoms with Gasteiger partial charge < -0.3 is 5.32 Å². The summed E-state index contributed by atoms with van der Waals surface area (Å²) in [4.78, 5) is 11.3. The molecule has 2 N–H and O–H groups in total. The molecule has 4 nitrogen and oxygen atoms in total. The van der Waals surface area contributed by atoms with Gasteiger partial charge in [-0.2, -0.15) is 0 Å². The van der Waals surface area contributed by atoms with Gasteiger partial charge in [0.2, 0.25) is 5.91 Å². The molecule has 0 bridgehead atoms. The van der Waals surface area contributed by atoms with E-state index in [4.69, 9.17) is 0 Å².